The predicted molar refractivity (Wildman–Crippen MR) is 101 cm³/mol. The molecule has 0 aliphatic heterocycles. The lowest BCUT2D eigenvalue weighted by Crippen LogP contribution is -2.41. The molecule has 0 spiro atoms. The number of hydrazine groups is 1. The van der Waals surface area contributed by atoms with Crippen LogP contribution in [0.2, 0.25) is 0 Å². The summed E-state index contributed by atoms with van der Waals surface area (Å²) < 4.78 is 1.03. The lowest BCUT2D eigenvalue weighted by atomic mass is 10.1. The summed E-state index contributed by atoms with van der Waals surface area (Å²) in [6.07, 6.45) is 1.25. The summed E-state index contributed by atoms with van der Waals surface area (Å²) in [4.78, 5) is 24.8. The molecule has 0 fully saturated rings. The second-order valence-corrected chi connectivity index (χ2v) is 7.19. The van der Waals surface area contributed by atoms with Crippen LogP contribution in [0.3, 0.4) is 0 Å². The van der Waals surface area contributed by atoms with Crippen molar-refractivity contribution in [2.75, 3.05) is 5.75 Å². The van der Waals surface area contributed by atoms with Crippen LogP contribution in [0.5, 0.6) is 0 Å². The van der Waals surface area contributed by atoms with Gasteiger partial charge in [-0.05, 0) is 48.4 Å². The Morgan fingerprint density at radius 2 is 1.67 bits per heavy atom. The molecule has 0 radical (unpaired) electrons. The number of benzene rings is 2. The first-order valence-corrected chi connectivity index (χ1v) is 9.43. The van der Waals surface area contributed by atoms with E-state index in [0.717, 1.165) is 15.8 Å². The Kier molecular flexibility index (Phi) is 7.34. The molecule has 0 aliphatic carbocycles. The first kappa shape index (κ1) is 18.5. The predicted octanol–water partition coefficient (Wildman–Crippen LogP) is 3.95. The highest BCUT2D eigenvalue weighted by molar-refractivity contribution is 9.10. The number of carbonyl (C=O) groups excluding carboxylic acids is 2. The van der Waals surface area contributed by atoms with Crippen molar-refractivity contribution < 1.29 is 9.59 Å². The van der Waals surface area contributed by atoms with E-state index in [1.807, 2.05) is 36.4 Å². The standard InChI is InChI=1S/C18H19BrN2O2S/c1-2-13-3-5-14(6-4-13)18(23)21-20-17(22)11-12-24-16-9-7-15(19)8-10-16/h3-10H,2,11-12H2,1H3,(H,20,22)(H,21,23). The maximum absolute atomic E-state index is 11.9. The molecule has 0 heterocycles. The molecule has 6 heteroatoms. The SMILES string of the molecule is CCc1ccc(C(=O)NNC(=O)CCSc2ccc(Br)cc2)cc1. The highest BCUT2D eigenvalue weighted by atomic mass is 79.9. The molecule has 2 amide bonds. The summed E-state index contributed by atoms with van der Waals surface area (Å²) in [5.41, 5.74) is 6.58. The van der Waals surface area contributed by atoms with E-state index in [-0.39, 0.29) is 11.8 Å². The van der Waals surface area contributed by atoms with Gasteiger partial charge in [0.15, 0.2) is 0 Å². The average Bonchev–Trinajstić information content (AvgIpc) is 2.61. The molecule has 0 aliphatic rings. The third kappa shape index (κ3) is 6.02. The fraction of sp³-hybridized carbons (Fsp3) is 0.222. The van der Waals surface area contributed by atoms with Crippen LogP contribution in [0, 0.1) is 0 Å². The van der Waals surface area contributed by atoms with Crippen LogP contribution < -0.4 is 10.9 Å². The molecule has 2 rings (SSSR count). The number of rotatable bonds is 6. The summed E-state index contributed by atoms with van der Waals surface area (Å²) in [6.45, 7) is 2.06. The van der Waals surface area contributed by atoms with Crippen LogP contribution in [0.4, 0.5) is 0 Å². The molecule has 2 aromatic carbocycles. The molecule has 0 saturated carbocycles. The fourth-order valence-corrected chi connectivity index (χ4v) is 3.06. The maximum Gasteiger partial charge on any atom is 0.269 e. The number of amides is 2. The molecule has 2 N–H and O–H groups in total. The van der Waals surface area contributed by atoms with Gasteiger partial charge in [0.05, 0.1) is 0 Å². The van der Waals surface area contributed by atoms with Crippen molar-refractivity contribution in [1.29, 1.82) is 0 Å². The summed E-state index contributed by atoms with van der Waals surface area (Å²) in [6, 6.07) is 15.2. The summed E-state index contributed by atoms with van der Waals surface area (Å²) in [5, 5.41) is 0. The van der Waals surface area contributed by atoms with Crippen molar-refractivity contribution in [3.8, 4) is 0 Å². The van der Waals surface area contributed by atoms with Crippen molar-refractivity contribution >= 4 is 39.5 Å². The molecule has 0 atom stereocenters. The largest absolute Gasteiger partial charge is 0.273 e. The van der Waals surface area contributed by atoms with Crippen LogP contribution in [-0.2, 0) is 11.2 Å². The van der Waals surface area contributed by atoms with Gasteiger partial charge in [0.2, 0.25) is 5.91 Å². The Labute approximate surface area is 154 Å². The highest BCUT2D eigenvalue weighted by Gasteiger charge is 2.07. The van der Waals surface area contributed by atoms with Crippen molar-refractivity contribution in [2.45, 2.75) is 24.7 Å². The molecule has 4 nitrogen and oxygen atoms in total. The van der Waals surface area contributed by atoms with Gasteiger partial charge in [-0.25, -0.2) is 0 Å². The minimum Gasteiger partial charge on any atom is -0.273 e. The van der Waals surface area contributed by atoms with Gasteiger partial charge in [-0.2, -0.15) is 0 Å². The minimum atomic E-state index is -0.313. The zero-order valence-corrected chi connectivity index (χ0v) is 15.7. The second-order valence-electron chi connectivity index (χ2n) is 5.11. The molecular weight excluding hydrogens is 388 g/mol. The Morgan fingerprint density at radius 1 is 1.00 bits per heavy atom. The zero-order chi connectivity index (χ0) is 17.4. The van der Waals surface area contributed by atoms with E-state index < -0.39 is 0 Å². The number of hydrogen-bond donors (Lipinski definition) is 2. The van der Waals surface area contributed by atoms with Gasteiger partial charge in [0.1, 0.15) is 0 Å². The van der Waals surface area contributed by atoms with E-state index in [2.05, 4.69) is 33.7 Å². The van der Waals surface area contributed by atoms with E-state index in [9.17, 15) is 9.59 Å². The lowest BCUT2D eigenvalue weighted by Gasteiger charge is -2.08. The fourth-order valence-electron chi connectivity index (χ4n) is 1.95. The maximum atomic E-state index is 11.9. The second kappa shape index (κ2) is 9.49. The molecule has 126 valence electrons. The topological polar surface area (TPSA) is 58.2 Å². The summed E-state index contributed by atoms with van der Waals surface area (Å²) in [7, 11) is 0. The van der Waals surface area contributed by atoms with Gasteiger partial charge < -0.3 is 0 Å². The monoisotopic (exact) mass is 406 g/mol. The molecule has 0 aromatic heterocycles. The van der Waals surface area contributed by atoms with Gasteiger partial charge in [0.25, 0.3) is 5.91 Å². The quantitative estimate of drug-likeness (QED) is 0.563. The third-order valence-corrected chi connectivity index (χ3v) is 4.89. The van der Waals surface area contributed by atoms with Crippen LogP contribution in [-0.4, -0.2) is 17.6 Å². The van der Waals surface area contributed by atoms with Gasteiger partial charge >= 0.3 is 0 Å². The van der Waals surface area contributed by atoms with Crippen LogP contribution in [0.15, 0.2) is 57.9 Å². The van der Waals surface area contributed by atoms with Gasteiger partial charge in [-0.3, -0.25) is 20.4 Å². The van der Waals surface area contributed by atoms with Crippen molar-refractivity contribution in [3.63, 3.8) is 0 Å². The van der Waals surface area contributed by atoms with Crippen molar-refractivity contribution in [1.82, 2.24) is 10.9 Å². The average molecular weight is 407 g/mol. The third-order valence-electron chi connectivity index (χ3n) is 3.35. The van der Waals surface area contributed by atoms with E-state index in [1.165, 1.54) is 5.56 Å². The van der Waals surface area contributed by atoms with E-state index in [0.29, 0.717) is 17.7 Å². The van der Waals surface area contributed by atoms with E-state index in [1.54, 1.807) is 23.9 Å². The number of halogens is 1. The molecule has 0 unspecified atom stereocenters. The summed E-state index contributed by atoms with van der Waals surface area (Å²) >= 11 is 4.98. The normalized spacial score (nSPS) is 10.2. The van der Waals surface area contributed by atoms with Gasteiger partial charge in [-0.1, -0.05) is 35.0 Å². The van der Waals surface area contributed by atoms with Crippen LogP contribution >= 0.6 is 27.7 Å². The van der Waals surface area contributed by atoms with E-state index in [4.69, 9.17) is 0 Å². The molecule has 0 saturated heterocycles. The lowest BCUT2D eigenvalue weighted by molar-refractivity contribution is -0.121. The minimum absolute atomic E-state index is 0.210. The molecule has 24 heavy (non-hydrogen) atoms. The Bertz CT molecular complexity index is 687. The number of carbonyl (C=O) groups is 2. The molecule has 0 bridgehead atoms. The van der Waals surface area contributed by atoms with Crippen molar-refractivity contribution in [2.24, 2.45) is 0 Å². The Hall–Kier alpha value is -1.79. The Balaban J connectivity index is 1.70. The van der Waals surface area contributed by atoms with Gasteiger partial charge in [-0.15, -0.1) is 11.8 Å². The molecular formula is C18H19BrN2O2S. The highest BCUT2D eigenvalue weighted by Crippen LogP contribution is 2.21. The number of hydrogen-bond acceptors (Lipinski definition) is 3. The number of nitrogens with one attached hydrogen (secondary N) is 2. The van der Waals surface area contributed by atoms with Crippen LogP contribution in [0.1, 0.15) is 29.3 Å². The first-order chi connectivity index (χ1) is 11.6. The summed E-state index contributed by atoms with van der Waals surface area (Å²) in [5.74, 6) is 0.124. The van der Waals surface area contributed by atoms with Gasteiger partial charge in [0, 0.05) is 27.1 Å². The number of aryl methyl sites for hydroxylation is 1. The van der Waals surface area contributed by atoms with Crippen molar-refractivity contribution in [3.05, 3.63) is 64.1 Å². The number of thioether (sulfide) groups is 1. The van der Waals surface area contributed by atoms with E-state index >= 15 is 0 Å². The van der Waals surface area contributed by atoms with Crippen LogP contribution in [0.25, 0.3) is 0 Å². The smallest absolute Gasteiger partial charge is 0.269 e. The molecule has 2 aromatic rings. The zero-order valence-electron chi connectivity index (χ0n) is 13.3. The Morgan fingerprint density at radius 3 is 2.29 bits per heavy atom. The first-order valence-electron chi connectivity index (χ1n) is 7.65.